The first-order chi connectivity index (χ1) is 13.5. The molecule has 4 rings (SSSR count). The predicted molar refractivity (Wildman–Crippen MR) is 108 cm³/mol. The topological polar surface area (TPSA) is 84.2 Å². The normalized spacial score (nSPS) is 19.9. The van der Waals surface area contributed by atoms with Gasteiger partial charge in [-0.25, -0.2) is 15.0 Å². The van der Waals surface area contributed by atoms with Crippen molar-refractivity contribution in [1.82, 2.24) is 19.9 Å². The number of hydrogen-bond donors (Lipinski definition) is 1. The molecular formula is C21H25N5O2. The monoisotopic (exact) mass is 379 g/mol. The van der Waals surface area contributed by atoms with Gasteiger partial charge in [0.1, 0.15) is 0 Å². The lowest BCUT2D eigenvalue weighted by atomic mass is 9.85. The first-order valence-electron chi connectivity index (χ1n) is 9.66. The Morgan fingerprint density at radius 3 is 2.61 bits per heavy atom. The molecule has 0 unspecified atom stereocenters. The average molecular weight is 379 g/mol. The zero-order valence-electron chi connectivity index (χ0n) is 16.5. The number of fused-ring (bicyclic) bond motifs is 1. The van der Waals surface area contributed by atoms with Gasteiger partial charge < -0.3 is 9.32 Å². The summed E-state index contributed by atoms with van der Waals surface area (Å²) in [5.74, 6) is 1.70. The summed E-state index contributed by atoms with van der Waals surface area (Å²) in [5.41, 5.74) is 1.65. The number of nitrogens with one attached hydrogen (secondary N) is 1. The van der Waals surface area contributed by atoms with Gasteiger partial charge in [-0.05, 0) is 45.8 Å². The van der Waals surface area contributed by atoms with Crippen molar-refractivity contribution in [3.63, 3.8) is 0 Å². The van der Waals surface area contributed by atoms with Crippen LogP contribution in [0.2, 0.25) is 0 Å². The molecule has 28 heavy (non-hydrogen) atoms. The van der Waals surface area contributed by atoms with Gasteiger partial charge in [0.25, 0.3) is 0 Å². The van der Waals surface area contributed by atoms with Gasteiger partial charge in [0, 0.05) is 36.0 Å². The number of hydrogen-bond acceptors (Lipinski definition) is 6. The van der Waals surface area contributed by atoms with Crippen LogP contribution in [0.25, 0.3) is 22.2 Å². The molecule has 7 heteroatoms. The number of rotatable bonds is 4. The second kappa shape index (κ2) is 7.67. The highest BCUT2D eigenvalue weighted by atomic mass is 16.4. The molecule has 0 aliphatic heterocycles. The van der Waals surface area contributed by atoms with E-state index in [1.165, 1.54) is 0 Å². The molecular weight excluding hydrogens is 354 g/mol. The average Bonchev–Trinajstić information content (AvgIpc) is 3.14. The molecule has 1 fully saturated rings. The lowest BCUT2D eigenvalue weighted by Crippen LogP contribution is -2.35. The number of amides is 1. The number of benzene rings is 1. The second-order valence-electron chi connectivity index (χ2n) is 7.67. The number of carbonyl (C=O) groups is 1. The molecule has 0 bridgehead atoms. The molecule has 0 spiro atoms. The summed E-state index contributed by atoms with van der Waals surface area (Å²) in [6, 6.07) is 6.39. The minimum Gasteiger partial charge on any atom is -0.441 e. The first kappa shape index (κ1) is 18.6. The fourth-order valence-corrected chi connectivity index (χ4v) is 3.80. The van der Waals surface area contributed by atoms with Crippen molar-refractivity contribution in [2.45, 2.75) is 38.6 Å². The molecule has 1 saturated carbocycles. The maximum absolute atomic E-state index is 12.6. The van der Waals surface area contributed by atoms with Crippen molar-refractivity contribution in [3.05, 3.63) is 36.5 Å². The summed E-state index contributed by atoms with van der Waals surface area (Å²) in [7, 11) is 4.20. The summed E-state index contributed by atoms with van der Waals surface area (Å²) < 4.78 is 5.59. The van der Waals surface area contributed by atoms with Gasteiger partial charge >= 0.3 is 0 Å². The van der Waals surface area contributed by atoms with Crippen LogP contribution >= 0.6 is 0 Å². The van der Waals surface area contributed by atoms with Crippen molar-refractivity contribution in [2.24, 2.45) is 5.92 Å². The number of aromatic nitrogens is 3. The summed E-state index contributed by atoms with van der Waals surface area (Å²) in [6.45, 7) is 1.81. The lowest BCUT2D eigenvalue weighted by molar-refractivity contribution is -0.121. The van der Waals surface area contributed by atoms with Crippen LogP contribution in [0.3, 0.4) is 0 Å². The standard InChI is InChI=1S/C21H25N5O2/c1-13-22-12-19(28-13)15-4-5-16-11-23-21(24-18(16)10-15)25-20(27)14-6-8-17(9-7-14)26(2)3/h4-5,10-12,14,17H,6-9H2,1-3H3,(H,23,24,25,27)/t14-,17+. The molecule has 3 aromatic rings. The molecule has 1 aliphatic carbocycles. The summed E-state index contributed by atoms with van der Waals surface area (Å²) in [5, 5.41) is 3.81. The highest BCUT2D eigenvalue weighted by Gasteiger charge is 2.27. The zero-order valence-corrected chi connectivity index (χ0v) is 16.5. The van der Waals surface area contributed by atoms with Gasteiger partial charge in [-0.15, -0.1) is 0 Å². The molecule has 2 aromatic heterocycles. The second-order valence-corrected chi connectivity index (χ2v) is 7.67. The Morgan fingerprint density at radius 1 is 1.14 bits per heavy atom. The van der Waals surface area contributed by atoms with Crippen LogP contribution in [0.1, 0.15) is 31.6 Å². The Balaban J connectivity index is 1.49. The minimum atomic E-state index is 0.0126. The number of aryl methyl sites for hydroxylation is 1. The van der Waals surface area contributed by atoms with Crippen LogP contribution in [0.15, 0.2) is 35.0 Å². The maximum atomic E-state index is 12.6. The van der Waals surface area contributed by atoms with E-state index in [-0.39, 0.29) is 11.8 Å². The molecule has 7 nitrogen and oxygen atoms in total. The molecule has 146 valence electrons. The van der Waals surface area contributed by atoms with Crippen molar-refractivity contribution < 1.29 is 9.21 Å². The third kappa shape index (κ3) is 3.89. The van der Waals surface area contributed by atoms with E-state index in [0.29, 0.717) is 23.6 Å². The Morgan fingerprint density at radius 2 is 1.93 bits per heavy atom. The van der Waals surface area contributed by atoms with Crippen molar-refractivity contribution >= 4 is 22.8 Å². The fourth-order valence-electron chi connectivity index (χ4n) is 3.80. The van der Waals surface area contributed by atoms with Crippen molar-refractivity contribution in [2.75, 3.05) is 19.4 Å². The Kier molecular flexibility index (Phi) is 5.09. The van der Waals surface area contributed by atoms with Gasteiger partial charge in [-0.2, -0.15) is 0 Å². The number of nitrogens with zero attached hydrogens (tertiary/aromatic N) is 4. The summed E-state index contributed by atoms with van der Waals surface area (Å²) >= 11 is 0. The predicted octanol–water partition coefficient (Wildman–Crippen LogP) is 3.65. The van der Waals surface area contributed by atoms with Crippen LogP contribution in [-0.4, -0.2) is 45.9 Å². The van der Waals surface area contributed by atoms with Crippen LogP contribution in [0.5, 0.6) is 0 Å². The van der Waals surface area contributed by atoms with Crippen molar-refractivity contribution in [3.8, 4) is 11.3 Å². The van der Waals surface area contributed by atoms with E-state index in [4.69, 9.17) is 4.42 Å². The smallest absolute Gasteiger partial charge is 0.229 e. The third-order valence-electron chi connectivity index (χ3n) is 5.52. The third-order valence-corrected chi connectivity index (χ3v) is 5.52. The van der Waals surface area contributed by atoms with Crippen LogP contribution < -0.4 is 5.32 Å². The van der Waals surface area contributed by atoms with Crippen LogP contribution in [0, 0.1) is 12.8 Å². The van der Waals surface area contributed by atoms with E-state index in [1.54, 1.807) is 12.4 Å². The van der Waals surface area contributed by atoms with E-state index in [1.807, 2.05) is 25.1 Å². The minimum absolute atomic E-state index is 0.0126. The van der Waals surface area contributed by atoms with Gasteiger partial charge in [0.15, 0.2) is 11.7 Å². The van der Waals surface area contributed by atoms with Gasteiger partial charge in [-0.3, -0.25) is 10.1 Å². The molecule has 1 amide bonds. The fraction of sp³-hybridized carbons (Fsp3) is 0.429. The van der Waals surface area contributed by atoms with E-state index in [2.05, 4.69) is 39.3 Å². The first-order valence-corrected chi connectivity index (χ1v) is 9.66. The van der Waals surface area contributed by atoms with E-state index >= 15 is 0 Å². The number of oxazole rings is 1. The zero-order chi connectivity index (χ0) is 19.7. The molecule has 0 saturated heterocycles. The summed E-state index contributed by atoms with van der Waals surface area (Å²) in [4.78, 5) is 27.9. The Labute approximate surface area is 164 Å². The quantitative estimate of drug-likeness (QED) is 0.745. The molecule has 0 radical (unpaired) electrons. The molecule has 1 aliphatic rings. The molecule has 2 heterocycles. The Bertz CT molecular complexity index is 989. The van der Waals surface area contributed by atoms with Gasteiger partial charge in [0.2, 0.25) is 11.9 Å². The molecule has 1 aromatic carbocycles. The molecule has 0 atom stereocenters. The lowest BCUT2D eigenvalue weighted by Gasteiger charge is -2.31. The van der Waals surface area contributed by atoms with Crippen LogP contribution in [-0.2, 0) is 4.79 Å². The summed E-state index contributed by atoms with van der Waals surface area (Å²) in [6.07, 6.45) is 7.32. The van der Waals surface area contributed by atoms with Gasteiger partial charge in [0.05, 0.1) is 11.7 Å². The largest absolute Gasteiger partial charge is 0.441 e. The SMILES string of the molecule is Cc1ncc(-c2ccc3cnc(NC(=O)[C@H]4CC[C@@H](N(C)C)CC4)nc3c2)o1. The van der Waals surface area contributed by atoms with Crippen LogP contribution in [0.4, 0.5) is 5.95 Å². The highest BCUT2D eigenvalue weighted by Crippen LogP contribution is 2.28. The number of anilines is 1. The molecule has 1 N–H and O–H groups in total. The van der Waals surface area contributed by atoms with E-state index in [9.17, 15) is 4.79 Å². The van der Waals surface area contributed by atoms with E-state index < -0.39 is 0 Å². The van der Waals surface area contributed by atoms with Crippen molar-refractivity contribution in [1.29, 1.82) is 0 Å². The number of carbonyl (C=O) groups excluding carboxylic acids is 1. The highest BCUT2D eigenvalue weighted by molar-refractivity contribution is 5.92. The van der Waals surface area contributed by atoms with Gasteiger partial charge in [-0.1, -0.05) is 12.1 Å². The van der Waals surface area contributed by atoms with E-state index in [0.717, 1.165) is 42.1 Å². The Hall–Kier alpha value is -2.80. The maximum Gasteiger partial charge on any atom is 0.229 e.